The largest absolute Gasteiger partial charge is 0.480 e. The van der Waals surface area contributed by atoms with Crippen molar-refractivity contribution in [3.8, 4) is 0 Å². The van der Waals surface area contributed by atoms with Crippen molar-refractivity contribution < 1.29 is 14.7 Å². The highest BCUT2D eigenvalue weighted by atomic mass is 32.1. The minimum Gasteiger partial charge on any atom is -0.480 e. The molecule has 1 amide bonds. The van der Waals surface area contributed by atoms with Gasteiger partial charge in [0.05, 0.1) is 0 Å². The summed E-state index contributed by atoms with van der Waals surface area (Å²) in [5.41, 5.74) is 1.23. The Bertz CT molecular complexity index is 495. The molecule has 2 rings (SSSR count). The first-order chi connectivity index (χ1) is 8.91. The molecule has 1 aliphatic carbocycles. The molecule has 1 aromatic heterocycles. The molecule has 3 atom stereocenters. The molecule has 2 unspecified atom stereocenters. The van der Waals surface area contributed by atoms with E-state index in [-0.39, 0.29) is 23.7 Å². The summed E-state index contributed by atoms with van der Waals surface area (Å²) in [6.45, 7) is 5.65. The quantitative estimate of drug-likeness (QED) is 0.871. The van der Waals surface area contributed by atoms with E-state index in [1.165, 1.54) is 10.4 Å². The fourth-order valence-corrected chi connectivity index (χ4v) is 3.42. The zero-order valence-electron chi connectivity index (χ0n) is 11.3. The third-order valence-corrected chi connectivity index (χ3v) is 4.75. The molecule has 1 heterocycles. The van der Waals surface area contributed by atoms with E-state index in [1.54, 1.807) is 25.2 Å². The van der Waals surface area contributed by atoms with Crippen LogP contribution in [0.5, 0.6) is 0 Å². The van der Waals surface area contributed by atoms with Crippen LogP contribution in [0.2, 0.25) is 0 Å². The van der Waals surface area contributed by atoms with Crippen molar-refractivity contribution in [1.82, 2.24) is 5.32 Å². The number of thiophene rings is 1. The number of hydrogen-bond acceptors (Lipinski definition) is 3. The Morgan fingerprint density at radius 3 is 2.63 bits per heavy atom. The molecule has 0 aliphatic heterocycles. The number of rotatable bonds is 5. The number of nitrogens with one attached hydrogen (secondary N) is 1. The molecule has 1 aromatic rings. The summed E-state index contributed by atoms with van der Waals surface area (Å²) in [5.74, 6) is -0.978. The third-order valence-electron chi connectivity index (χ3n) is 3.60. The van der Waals surface area contributed by atoms with Gasteiger partial charge in [-0.2, -0.15) is 0 Å². The van der Waals surface area contributed by atoms with Crippen molar-refractivity contribution in [3.05, 3.63) is 21.9 Å². The summed E-state index contributed by atoms with van der Waals surface area (Å²) >= 11 is 1.68. The van der Waals surface area contributed by atoms with Crippen molar-refractivity contribution >= 4 is 23.2 Å². The van der Waals surface area contributed by atoms with Gasteiger partial charge in [0, 0.05) is 16.7 Å². The average Bonchev–Trinajstić information content (AvgIpc) is 3.01. The third kappa shape index (κ3) is 2.97. The predicted molar refractivity (Wildman–Crippen MR) is 74.3 cm³/mol. The topological polar surface area (TPSA) is 66.4 Å². The van der Waals surface area contributed by atoms with E-state index < -0.39 is 12.0 Å². The molecule has 0 aromatic carbocycles. The summed E-state index contributed by atoms with van der Waals surface area (Å²) in [7, 11) is 0. The monoisotopic (exact) mass is 281 g/mol. The van der Waals surface area contributed by atoms with Crippen LogP contribution in [-0.4, -0.2) is 23.0 Å². The van der Waals surface area contributed by atoms with Crippen LogP contribution in [0.4, 0.5) is 0 Å². The molecule has 104 valence electrons. The van der Waals surface area contributed by atoms with E-state index in [9.17, 15) is 9.59 Å². The van der Waals surface area contributed by atoms with Gasteiger partial charge in [0.2, 0.25) is 5.91 Å². The fourth-order valence-electron chi connectivity index (χ4n) is 2.31. The molecule has 4 nitrogen and oxygen atoms in total. The Hall–Kier alpha value is -1.36. The Morgan fingerprint density at radius 2 is 2.16 bits per heavy atom. The fraction of sp³-hybridized carbons (Fsp3) is 0.571. The molecule has 5 heteroatoms. The van der Waals surface area contributed by atoms with E-state index >= 15 is 0 Å². The predicted octanol–water partition coefficient (Wildman–Crippen LogP) is 2.39. The minimum absolute atomic E-state index is 0.0575. The summed E-state index contributed by atoms with van der Waals surface area (Å²) in [6, 6.07) is 1.26. The lowest BCUT2D eigenvalue weighted by Crippen LogP contribution is -2.45. The first-order valence-corrected chi connectivity index (χ1v) is 7.37. The van der Waals surface area contributed by atoms with Crippen LogP contribution in [0.15, 0.2) is 11.4 Å². The van der Waals surface area contributed by atoms with Crippen molar-refractivity contribution in [2.45, 2.75) is 39.2 Å². The highest BCUT2D eigenvalue weighted by Gasteiger charge is 2.46. The van der Waals surface area contributed by atoms with Crippen LogP contribution in [-0.2, 0) is 9.59 Å². The Balaban J connectivity index is 1.96. The van der Waals surface area contributed by atoms with Crippen molar-refractivity contribution in [1.29, 1.82) is 0 Å². The highest BCUT2D eigenvalue weighted by Crippen LogP contribution is 2.50. The molecule has 19 heavy (non-hydrogen) atoms. The molecule has 1 aliphatic rings. The van der Waals surface area contributed by atoms with Gasteiger partial charge in [0.1, 0.15) is 6.04 Å². The van der Waals surface area contributed by atoms with Gasteiger partial charge in [-0.1, -0.05) is 13.8 Å². The molecular weight excluding hydrogens is 262 g/mol. The number of carboxylic acids is 1. The number of carboxylic acid groups (broad SMARTS) is 1. The van der Waals surface area contributed by atoms with Gasteiger partial charge >= 0.3 is 5.97 Å². The summed E-state index contributed by atoms with van der Waals surface area (Å²) < 4.78 is 0. The lowest BCUT2D eigenvalue weighted by Gasteiger charge is -2.17. The second-order valence-corrected chi connectivity index (χ2v) is 6.43. The summed E-state index contributed by atoms with van der Waals surface area (Å²) in [6.07, 6.45) is 0.831. The van der Waals surface area contributed by atoms with Crippen LogP contribution in [0.1, 0.15) is 36.6 Å². The number of aliphatic carboxylic acids is 1. The minimum atomic E-state index is -0.965. The highest BCUT2D eigenvalue weighted by molar-refractivity contribution is 7.10. The van der Waals surface area contributed by atoms with Crippen LogP contribution < -0.4 is 5.32 Å². The molecule has 0 radical (unpaired) electrons. The van der Waals surface area contributed by atoms with Gasteiger partial charge in [0.15, 0.2) is 0 Å². The van der Waals surface area contributed by atoms with Gasteiger partial charge in [-0.05, 0) is 36.3 Å². The number of amides is 1. The van der Waals surface area contributed by atoms with Gasteiger partial charge in [-0.25, -0.2) is 4.79 Å². The van der Waals surface area contributed by atoms with Crippen molar-refractivity contribution in [3.63, 3.8) is 0 Å². The van der Waals surface area contributed by atoms with Gasteiger partial charge in [-0.15, -0.1) is 11.3 Å². The lowest BCUT2D eigenvalue weighted by molar-refractivity contribution is -0.143. The number of aryl methyl sites for hydroxylation is 1. The second kappa shape index (κ2) is 5.33. The maximum atomic E-state index is 12.1. The van der Waals surface area contributed by atoms with E-state index in [1.807, 2.05) is 12.3 Å². The zero-order chi connectivity index (χ0) is 14.2. The maximum absolute atomic E-state index is 12.1. The van der Waals surface area contributed by atoms with Crippen molar-refractivity contribution in [2.75, 3.05) is 0 Å². The normalized spacial score (nSPS) is 23.2. The van der Waals surface area contributed by atoms with Crippen molar-refractivity contribution in [2.24, 2.45) is 11.8 Å². The maximum Gasteiger partial charge on any atom is 0.326 e. The first-order valence-electron chi connectivity index (χ1n) is 6.49. The molecule has 0 bridgehead atoms. The second-order valence-electron chi connectivity index (χ2n) is 5.49. The standard InChI is InChI=1S/C14H19NO3S/c1-7(2)11(14(17)18)15-13(16)10-6-9(10)12-8(3)4-5-19-12/h4-5,7,9-11H,6H2,1-3H3,(H,15,16)(H,17,18)/t9?,10?,11-/m0/s1. The Labute approximate surface area is 116 Å². The molecule has 1 saturated carbocycles. The number of hydrogen-bond donors (Lipinski definition) is 2. The average molecular weight is 281 g/mol. The number of carbonyl (C=O) groups excluding carboxylic acids is 1. The molecule has 0 saturated heterocycles. The summed E-state index contributed by atoms with van der Waals surface area (Å²) in [4.78, 5) is 24.4. The molecule has 0 spiro atoms. The smallest absolute Gasteiger partial charge is 0.326 e. The Kier molecular flexibility index (Phi) is 3.94. The van der Waals surface area contributed by atoms with E-state index in [0.29, 0.717) is 0 Å². The molecule has 1 fully saturated rings. The van der Waals surface area contributed by atoms with Gasteiger partial charge < -0.3 is 10.4 Å². The van der Waals surface area contributed by atoms with Gasteiger partial charge in [-0.3, -0.25) is 4.79 Å². The lowest BCUT2D eigenvalue weighted by atomic mass is 10.0. The van der Waals surface area contributed by atoms with E-state index in [0.717, 1.165) is 6.42 Å². The molecular formula is C14H19NO3S. The van der Waals surface area contributed by atoms with Crippen LogP contribution in [0.3, 0.4) is 0 Å². The number of carbonyl (C=O) groups is 2. The SMILES string of the molecule is Cc1ccsc1C1CC1C(=O)N[C@H](C(=O)O)C(C)C. The van der Waals surface area contributed by atoms with Crippen LogP contribution >= 0.6 is 11.3 Å². The van der Waals surface area contributed by atoms with Crippen LogP contribution in [0.25, 0.3) is 0 Å². The first kappa shape index (κ1) is 14.1. The van der Waals surface area contributed by atoms with E-state index in [4.69, 9.17) is 5.11 Å². The Morgan fingerprint density at radius 1 is 1.47 bits per heavy atom. The zero-order valence-corrected chi connectivity index (χ0v) is 12.2. The van der Waals surface area contributed by atoms with Crippen LogP contribution in [0, 0.1) is 18.8 Å². The van der Waals surface area contributed by atoms with E-state index in [2.05, 4.69) is 11.4 Å². The summed E-state index contributed by atoms with van der Waals surface area (Å²) in [5, 5.41) is 13.8. The molecule has 2 N–H and O–H groups in total. The van der Waals surface area contributed by atoms with Gasteiger partial charge in [0.25, 0.3) is 0 Å².